The molecular weight excluding hydrogens is 268 g/mol. The van der Waals surface area contributed by atoms with E-state index in [2.05, 4.69) is 20.8 Å². The van der Waals surface area contributed by atoms with Gasteiger partial charge < -0.3 is 15.4 Å². The first kappa shape index (κ1) is 14.8. The summed E-state index contributed by atoms with van der Waals surface area (Å²) in [5.74, 6) is 1.15. The molecular formula is C15H18N4O2. The average Bonchev–Trinajstić information content (AvgIpc) is 2.55. The zero-order chi connectivity index (χ0) is 15.2. The summed E-state index contributed by atoms with van der Waals surface area (Å²) in [6.07, 6.45) is 0. The molecule has 0 aliphatic carbocycles. The fraction of sp³-hybridized carbons (Fsp3) is 0.267. The predicted octanol–water partition coefficient (Wildman–Crippen LogP) is 2.02. The number of hydrogen-bond acceptors (Lipinski definition) is 5. The number of nitrogens with one attached hydrogen (secondary N) is 2. The first-order chi connectivity index (χ1) is 10.1. The third-order valence-electron chi connectivity index (χ3n) is 3.12. The second kappa shape index (κ2) is 6.69. The number of nitrogens with zero attached hydrogens (tertiary/aromatic N) is 2. The summed E-state index contributed by atoms with van der Waals surface area (Å²) in [4.78, 5) is 12.1. The highest BCUT2D eigenvalue weighted by atomic mass is 16.5. The van der Waals surface area contributed by atoms with Crippen LogP contribution < -0.4 is 15.4 Å². The minimum Gasteiger partial charge on any atom is -0.497 e. The highest BCUT2D eigenvalue weighted by Gasteiger charge is 2.13. The number of rotatable bonds is 5. The van der Waals surface area contributed by atoms with Crippen LogP contribution in [0.1, 0.15) is 29.0 Å². The van der Waals surface area contributed by atoms with Crippen LogP contribution >= 0.6 is 0 Å². The van der Waals surface area contributed by atoms with Gasteiger partial charge in [0.05, 0.1) is 13.2 Å². The van der Waals surface area contributed by atoms with Gasteiger partial charge in [0, 0.05) is 7.05 Å². The number of methoxy groups -OCH3 is 1. The van der Waals surface area contributed by atoms with Gasteiger partial charge in [-0.3, -0.25) is 4.79 Å². The Morgan fingerprint density at radius 3 is 2.38 bits per heavy atom. The molecule has 0 bridgehead atoms. The van der Waals surface area contributed by atoms with E-state index in [1.807, 2.05) is 31.2 Å². The van der Waals surface area contributed by atoms with Crippen molar-refractivity contribution in [3.05, 3.63) is 47.7 Å². The zero-order valence-corrected chi connectivity index (χ0v) is 12.3. The third kappa shape index (κ3) is 3.68. The van der Waals surface area contributed by atoms with Crippen molar-refractivity contribution in [2.75, 3.05) is 19.5 Å². The van der Waals surface area contributed by atoms with Crippen LogP contribution in [0, 0.1) is 0 Å². The van der Waals surface area contributed by atoms with Crippen molar-refractivity contribution >= 4 is 11.7 Å². The number of anilines is 1. The maximum absolute atomic E-state index is 12.1. The molecule has 0 fully saturated rings. The van der Waals surface area contributed by atoms with E-state index in [4.69, 9.17) is 4.74 Å². The molecule has 1 aromatic heterocycles. The Labute approximate surface area is 123 Å². The fourth-order valence-corrected chi connectivity index (χ4v) is 1.83. The van der Waals surface area contributed by atoms with E-state index in [9.17, 15) is 4.79 Å². The van der Waals surface area contributed by atoms with E-state index in [1.165, 1.54) is 0 Å². The van der Waals surface area contributed by atoms with Gasteiger partial charge in [-0.2, -0.15) is 0 Å². The lowest BCUT2D eigenvalue weighted by molar-refractivity contribution is 0.0934. The van der Waals surface area contributed by atoms with Crippen LogP contribution in [0.5, 0.6) is 5.75 Å². The monoisotopic (exact) mass is 286 g/mol. The van der Waals surface area contributed by atoms with Gasteiger partial charge in [0.2, 0.25) is 0 Å². The van der Waals surface area contributed by atoms with Crippen LogP contribution in [0.4, 0.5) is 5.82 Å². The number of hydrogen-bond donors (Lipinski definition) is 2. The van der Waals surface area contributed by atoms with Crippen molar-refractivity contribution in [1.82, 2.24) is 15.5 Å². The van der Waals surface area contributed by atoms with Gasteiger partial charge in [0.25, 0.3) is 5.91 Å². The second-order valence-electron chi connectivity index (χ2n) is 4.52. The summed E-state index contributed by atoms with van der Waals surface area (Å²) >= 11 is 0. The molecule has 0 radical (unpaired) electrons. The Balaban J connectivity index is 2.03. The molecule has 110 valence electrons. The largest absolute Gasteiger partial charge is 0.497 e. The molecule has 0 aliphatic heterocycles. The van der Waals surface area contributed by atoms with Gasteiger partial charge >= 0.3 is 0 Å². The van der Waals surface area contributed by atoms with Crippen molar-refractivity contribution in [3.63, 3.8) is 0 Å². The molecule has 1 amide bonds. The Morgan fingerprint density at radius 2 is 1.86 bits per heavy atom. The molecule has 0 aliphatic rings. The van der Waals surface area contributed by atoms with Crippen LogP contribution in [0.3, 0.4) is 0 Å². The predicted molar refractivity (Wildman–Crippen MR) is 80.5 cm³/mol. The lowest BCUT2D eigenvalue weighted by Gasteiger charge is -2.14. The maximum atomic E-state index is 12.1. The number of carbonyl (C=O) groups excluding carboxylic acids is 1. The average molecular weight is 286 g/mol. The normalized spacial score (nSPS) is 11.6. The zero-order valence-electron chi connectivity index (χ0n) is 12.3. The van der Waals surface area contributed by atoms with E-state index in [0.717, 1.165) is 11.3 Å². The molecule has 1 atom stereocenters. The molecule has 0 saturated heterocycles. The minimum absolute atomic E-state index is 0.130. The Bertz CT molecular complexity index is 596. The van der Waals surface area contributed by atoms with Crippen LogP contribution in [0.2, 0.25) is 0 Å². The first-order valence-corrected chi connectivity index (χ1v) is 6.60. The molecule has 2 aromatic rings. The van der Waals surface area contributed by atoms with Gasteiger partial charge in [-0.25, -0.2) is 0 Å². The van der Waals surface area contributed by atoms with Crippen LogP contribution in [0.25, 0.3) is 0 Å². The van der Waals surface area contributed by atoms with E-state index in [0.29, 0.717) is 5.82 Å². The Morgan fingerprint density at radius 1 is 1.14 bits per heavy atom. The summed E-state index contributed by atoms with van der Waals surface area (Å²) in [6, 6.07) is 10.8. The summed E-state index contributed by atoms with van der Waals surface area (Å²) < 4.78 is 5.11. The van der Waals surface area contributed by atoms with Crippen LogP contribution in [0.15, 0.2) is 36.4 Å². The van der Waals surface area contributed by atoms with Crippen molar-refractivity contribution < 1.29 is 9.53 Å². The number of aromatic nitrogens is 2. The molecule has 6 nitrogen and oxygen atoms in total. The standard InChI is InChI=1S/C15H18N4O2/c1-10(11-4-6-12(21-3)7-5-11)17-15(20)13-8-9-14(16-2)19-18-13/h4-10H,1-3H3,(H,16,19)(H,17,20). The lowest BCUT2D eigenvalue weighted by atomic mass is 10.1. The molecule has 2 rings (SSSR count). The number of amides is 1. The summed E-state index contributed by atoms with van der Waals surface area (Å²) in [6.45, 7) is 1.91. The molecule has 0 spiro atoms. The number of ether oxygens (including phenoxy) is 1. The van der Waals surface area contributed by atoms with Crippen LogP contribution in [-0.2, 0) is 0 Å². The van der Waals surface area contributed by atoms with Gasteiger partial charge in [0.1, 0.15) is 11.6 Å². The SMILES string of the molecule is CNc1ccc(C(=O)NC(C)c2ccc(OC)cc2)nn1. The number of benzene rings is 1. The topological polar surface area (TPSA) is 76.1 Å². The van der Waals surface area contributed by atoms with Gasteiger partial charge in [-0.1, -0.05) is 12.1 Å². The van der Waals surface area contributed by atoms with Crippen LogP contribution in [-0.4, -0.2) is 30.3 Å². The molecule has 0 saturated carbocycles. The highest BCUT2D eigenvalue weighted by molar-refractivity contribution is 5.92. The van der Waals surface area contributed by atoms with E-state index in [1.54, 1.807) is 26.3 Å². The van der Waals surface area contributed by atoms with Crippen molar-refractivity contribution in [3.8, 4) is 5.75 Å². The highest BCUT2D eigenvalue weighted by Crippen LogP contribution is 2.17. The fourth-order valence-electron chi connectivity index (χ4n) is 1.83. The van der Waals surface area contributed by atoms with Crippen molar-refractivity contribution in [2.45, 2.75) is 13.0 Å². The molecule has 1 heterocycles. The van der Waals surface area contributed by atoms with Crippen molar-refractivity contribution in [1.29, 1.82) is 0 Å². The van der Waals surface area contributed by atoms with E-state index in [-0.39, 0.29) is 17.6 Å². The van der Waals surface area contributed by atoms with Gasteiger partial charge in [-0.05, 0) is 36.8 Å². The van der Waals surface area contributed by atoms with Crippen molar-refractivity contribution in [2.24, 2.45) is 0 Å². The molecule has 1 unspecified atom stereocenters. The smallest absolute Gasteiger partial charge is 0.272 e. The second-order valence-corrected chi connectivity index (χ2v) is 4.52. The number of carbonyl (C=O) groups is 1. The summed E-state index contributed by atoms with van der Waals surface area (Å²) in [5.41, 5.74) is 1.28. The molecule has 1 aromatic carbocycles. The minimum atomic E-state index is -0.256. The summed E-state index contributed by atoms with van der Waals surface area (Å²) in [5, 5.41) is 13.5. The molecule has 6 heteroatoms. The molecule has 21 heavy (non-hydrogen) atoms. The first-order valence-electron chi connectivity index (χ1n) is 6.60. The van der Waals surface area contributed by atoms with E-state index < -0.39 is 0 Å². The summed E-state index contributed by atoms with van der Waals surface area (Å²) in [7, 11) is 3.36. The quantitative estimate of drug-likeness (QED) is 0.879. The molecule has 2 N–H and O–H groups in total. The Hall–Kier alpha value is -2.63. The Kier molecular flexibility index (Phi) is 4.71. The maximum Gasteiger partial charge on any atom is 0.272 e. The third-order valence-corrected chi connectivity index (χ3v) is 3.12. The van der Waals surface area contributed by atoms with Gasteiger partial charge in [0.15, 0.2) is 5.69 Å². The van der Waals surface area contributed by atoms with E-state index >= 15 is 0 Å². The lowest BCUT2D eigenvalue weighted by Crippen LogP contribution is -2.27. The van der Waals surface area contributed by atoms with Gasteiger partial charge in [-0.15, -0.1) is 10.2 Å².